The normalized spacial score (nSPS) is 22.1. The highest BCUT2D eigenvalue weighted by molar-refractivity contribution is 5.95. The average Bonchev–Trinajstić information content (AvgIpc) is 3.32. The minimum absolute atomic E-state index is 0.0641. The Morgan fingerprint density at radius 2 is 1.95 bits per heavy atom. The number of imidazole rings is 1. The lowest BCUT2D eigenvalue weighted by Gasteiger charge is -2.34. The number of carboxylic acids is 1. The van der Waals surface area contributed by atoms with Crippen LogP contribution in [0.4, 0.5) is 14.9 Å². The number of aliphatic hydroxyl groups excluding tert-OH is 1. The molecule has 0 saturated heterocycles. The predicted molar refractivity (Wildman–Crippen MR) is 138 cm³/mol. The molecule has 1 aliphatic carbocycles. The average molecular weight is 526 g/mol. The maximum absolute atomic E-state index is 14.3. The minimum Gasteiger partial charge on any atom is -0.496 e. The van der Waals surface area contributed by atoms with Crippen LogP contribution >= 0.6 is 0 Å². The third kappa shape index (κ3) is 4.36. The molecule has 1 aromatic heterocycles. The molecule has 0 bridgehead atoms. The Morgan fingerprint density at radius 1 is 1.16 bits per heavy atom. The minimum atomic E-state index is -1.33. The van der Waals surface area contributed by atoms with Crippen molar-refractivity contribution >= 4 is 28.8 Å². The van der Waals surface area contributed by atoms with E-state index in [1.807, 2.05) is 23.6 Å². The van der Waals surface area contributed by atoms with Crippen LogP contribution in [0.1, 0.15) is 68.1 Å². The van der Waals surface area contributed by atoms with Crippen molar-refractivity contribution in [3.63, 3.8) is 0 Å². The van der Waals surface area contributed by atoms with Crippen molar-refractivity contribution in [2.75, 3.05) is 19.1 Å². The molecule has 2 aromatic carbocycles. The second-order valence-electron chi connectivity index (χ2n) is 10.1. The SMILES string of the molecule is COC(=O)N1c2ccc3c(nc(C(O)c4cc(F)ccc4OC)n3[C@@H]3CCCC(C(=O)O)C3)c2CCC1C. The fourth-order valence-corrected chi connectivity index (χ4v) is 6.05. The molecule has 2 heterocycles. The van der Waals surface area contributed by atoms with Crippen LogP contribution in [-0.4, -0.2) is 52.1 Å². The van der Waals surface area contributed by atoms with Gasteiger partial charge in [0, 0.05) is 23.2 Å². The molecule has 0 spiro atoms. The standard InChI is InChI=1S/C28H32FN3O6/c1-15-7-9-19-21(31(15)28(36)38-3)10-11-22-24(19)30-26(25(33)20-14-17(29)8-12-23(20)37-2)32(22)18-6-4-5-16(13-18)27(34)35/h8,10-12,14-16,18,25,33H,4-7,9,13H2,1-3H3,(H,34,35)/t15?,16?,18-,25?/m1/s1. The third-order valence-corrected chi connectivity index (χ3v) is 7.94. The number of hydrogen-bond acceptors (Lipinski definition) is 6. The van der Waals surface area contributed by atoms with E-state index in [4.69, 9.17) is 14.5 Å². The van der Waals surface area contributed by atoms with Gasteiger partial charge >= 0.3 is 12.1 Å². The Balaban J connectivity index is 1.72. The fraction of sp³-hybridized carbons (Fsp3) is 0.464. The van der Waals surface area contributed by atoms with E-state index in [-0.39, 0.29) is 23.5 Å². The predicted octanol–water partition coefficient (Wildman–Crippen LogP) is 4.99. The van der Waals surface area contributed by atoms with Gasteiger partial charge < -0.3 is 24.3 Å². The maximum Gasteiger partial charge on any atom is 0.414 e. The molecule has 1 aliphatic heterocycles. The van der Waals surface area contributed by atoms with E-state index in [1.165, 1.54) is 32.4 Å². The third-order valence-electron chi connectivity index (χ3n) is 7.94. The van der Waals surface area contributed by atoms with Crippen LogP contribution in [0.25, 0.3) is 11.0 Å². The van der Waals surface area contributed by atoms with E-state index in [1.54, 1.807) is 4.90 Å². The van der Waals surface area contributed by atoms with Crippen molar-refractivity contribution in [2.45, 2.75) is 63.6 Å². The van der Waals surface area contributed by atoms with Gasteiger partial charge in [0.2, 0.25) is 0 Å². The highest BCUT2D eigenvalue weighted by atomic mass is 19.1. The number of halogens is 1. The van der Waals surface area contributed by atoms with Gasteiger partial charge in [-0.3, -0.25) is 9.69 Å². The quantitative estimate of drug-likeness (QED) is 0.482. The van der Waals surface area contributed by atoms with Crippen LogP contribution in [0.2, 0.25) is 0 Å². The number of amides is 1. The number of fused-ring (bicyclic) bond motifs is 3. The Morgan fingerprint density at radius 3 is 2.66 bits per heavy atom. The second-order valence-corrected chi connectivity index (χ2v) is 10.1. The molecule has 3 aromatic rings. The van der Waals surface area contributed by atoms with Crippen LogP contribution in [0.3, 0.4) is 0 Å². The van der Waals surface area contributed by atoms with Gasteiger partial charge in [-0.15, -0.1) is 0 Å². The van der Waals surface area contributed by atoms with E-state index in [0.29, 0.717) is 42.6 Å². The van der Waals surface area contributed by atoms with Crippen molar-refractivity contribution in [3.8, 4) is 5.75 Å². The number of hydrogen-bond donors (Lipinski definition) is 2. The summed E-state index contributed by atoms with van der Waals surface area (Å²) in [5.74, 6) is -1.26. The lowest BCUT2D eigenvalue weighted by Crippen LogP contribution is -2.42. The zero-order chi connectivity index (χ0) is 27.1. The summed E-state index contributed by atoms with van der Waals surface area (Å²) >= 11 is 0. The van der Waals surface area contributed by atoms with Crippen molar-refractivity contribution in [1.29, 1.82) is 0 Å². The molecule has 5 rings (SSSR count). The number of carbonyl (C=O) groups is 2. The highest BCUT2D eigenvalue weighted by Gasteiger charge is 2.36. The first kappa shape index (κ1) is 26.0. The number of benzene rings is 2. The topological polar surface area (TPSA) is 114 Å². The molecule has 202 valence electrons. The van der Waals surface area contributed by atoms with Gasteiger partial charge in [-0.25, -0.2) is 14.2 Å². The summed E-state index contributed by atoms with van der Waals surface area (Å²) in [5.41, 5.74) is 3.15. The number of methoxy groups -OCH3 is 2. The lowest BCUT2D eigenvalue weighted by molar-refractivity contribution is -0.143. The molecule has 1 fully saturated rings. The van der Waals surface area contributed by atoms with Gasteiger partial charge in [-0.1, -0.05) is 6.42 Å². The zero-order valence-corrected chi connectivity index (χ0v) is 21.7. The van der Waals surface area contributed by atoms with Gasteiger partial charge in [0.05, 0.1) is 36.9 Å². The summed E-state index contributed by atoms with van der Waals surface area (Å²) in [6, 6.07) is 7.37. The molecule has 1 saturated carbocycles. The summed E-state index contributed by atoms with van der Waals surface area (Å²) < 4.78 is 26.6. The Labute approximate surface area is 219 Å². The molecule has 2 N–H and O–H groups in total. The van der Waals surface area contributed by atoms with Crippen LogP contribution < -0.4 is 9.64 Å². The summed E-state index contributed by atoms with van der Waals surface area (Å²) in [6.07, 6.45) is 2.01. The zero-order valence-electron chi connectivity index (χ0n) is 21.7. The van der Waals surface area contributed by atoms with E-state index >= 15 is 0 Å². The summed E-state index contributed by atoms with van der Waals surface area (Å²) in [4.78, 5) is 31.0. The van der Waals surface area contributed by atoms with Crippen LogP contribution in [0, 0.1) is 11.7 Å². The Bertz CT molecular complexity index is 1390. The van der Waals surface area contributed by atoms with Crippen LogP contribution in [0.15, 0.2) is 30.3 Å². The van der Waals surface area contributed by atoms with Crippen molar-refractivity contribution in [1.82, 2.24) is 9.55 Å². The van der Waals surface area contributed by atoms with E-state index in [2.05, 4.69) is 0 Å². The van der Waals surface area contributed by atoms with Crippen molar-refractivity contribution in [2.24, 2.45) is 5.92 Å². The van der Waals surface area contributed by atoms with Gasteiger partial charge in [0.15, 0.2) is 0 Å². The van der Waals surface area contributed by atoms with Gasteiger partial charge in [0.1, 0.15) is 23.5 Å². The molecular formula is C28H32FN3O6. The molecule has 38 heavy (non-hydrogen) atoms. The molecule has 4 atom stereocenters. The van der Waals surface area contributed by atoms with Gasteiger partial charge in [-0.05, 0) is 69.4 Å². The van der Waals surface area contributed by atoms with Gasteiger partial charge in [-0.2, -0.15) is 0 Å². The second kappa shape index (κ2) is 10.2. The first-order valence-electron chi connectivity index (χ1n) is 12.9. The van der Waals surface area contributed by atoms with E-state index in [0.717, 1.165) is 23.9 Å². The number of ether oxygens (including phenoxy) is 2. The Hall–Kier alpha value is -3.66. The molecule has 9 nitrogen and oxygen atoms in total. The molecule has 3 unspecified atom stereocenters. The molecule has 10 heteroatoms. The fourth-order valence-electron chi connectivity index (χ4n) is 6.05. The number of nitrogens with zero attached hydrogens (tertiary/aromatic N) is 3. The van der Waals surface area contributed by atoms with Crippen LogP contribution in [0.5, 0.6) is 5.75 Å². The Kier molecular flexibility index (Phi) is 7.00. The van der Waals surface area contributed by atoms with Crippen molar-refractivity contribution in [3.05, 3.63) is 53.1 Å². The lowest BCUT2D eigenvalue weighted by atomic mass is 9.85. The number of carbonyl (C=O) groups excluding carboxylic acids is 1. The van der Waals surface area contributed by atoms with Crippen LogP contribution in [-0.2, 0) is 16.0 Å². The summed E-state index contributed by atoms with van der Waals surface area (Å²) in [7, 11) is 2.79. The van der Waals surface area contributed by atoms with Gasteiger partial charge in [0.25, 0.3) is 0 Å². The summed E-state index contributed by atoms with van der Waals surface area (Å²) in [5, 5.41) is 21.3. The molecular weight excluding hydrogens is 493 g/mol. The largest absolute Gasteiger partial charge is 0.496 e. The first-order chi connectivity index (χ1) is 18.2. The molecule has 1 amide bonds. The van der Waals surface area contributed by atoms with E-state index < -0.39 is 29.9 Å². The number of aliphatic carboxylic acids is 1. The number of aliphatic hydroxyl groups is 1. The van der Waals surface area contributed by atoms with E-state index in [9.17, 15) is 24.2 Å². The monoisotopic (exact) mass is 525 g/mol. The maximum atomic E-state index is 14.3. The number of anilines is 1. The molecule has 2 aliphatic rings. The number of aryl methyl sites for hydroxylation is 1. The van der Waals surface area contributed by atoms with Crippen molar-refractivity contribution < 1.29 is 33.7 Å². The highest BCUT2D eigenvalue weighted by Crippen LogP contribution is 2.43. The molecule has 0 radical (unpaired) electrons. The first-order valence-corrected chi connectivity index (χ1v) is 12.9. The number of aromatic nitrogens is 2. The number of carboxylic acid groups (broad SMARTS) is 1. The smallest absolute Gasteiger partial charge is 0.414 e. The number of rotatable bonds is 5. The summed E-state index contributed by atoms with van der Waals surface area (Å²) in [6.45, 7) is 1.96.